The molecular weight excluding hydrogens is 419 g/mol. The van der Waals surface area contributed by atoms with Gasteiger partial charge in [-0.05, 0) is 42.7 Å². The highest BCUT2D eigenvalue weighted by atomic mass is 35.5. The smallest absolute Gasteiger partial charge is 0.269 e. The molecule has 1 amide bonds. The van der Waals surface area contributed by atoms with Gasteiger partial charge >= 0.3 is 0 Å². The van der Waals surface area contributed by atoms with Gasteiger partial charge in [-0.25, -0.2) is 0 Å². The molecule has 1 fully saturated rings. The van der Waals surface area contributed by atoms with Gasteiger partial charge in [-0.2, -0.15) is 0 Å². The van der Waals surface area contributed by atoms with Crippen LogP contribution >= 0.6 is 23.2 Å². The summed E-state index contributed by atoms with van der Waals surface area (Å²) in [6.07, 6.45) is 1.83. The largest absolute Gasteiger partial charge is 0.484 e. The van der Waals surface area contributed by atoms with Crippen LogP contribution in [0.25, 0.3) is 0 Å². The predicted octanol–water partition coefficient (Wildman–Crippen LogP) is 4.49. The Morgan fingerprint density at radius 2 is 2.00 bits per heavy atom. The topological polar surface area (TPSA) is 81.9 Å². The Bertz CT molecular complexity index is 870. The van der Waals surface area contributed by atoms with E-state index in [4.69, 9.17) is 32.7 Å². The van der Waals surface area contributed by atoms with Crippen molar-refractivity contribution in [1.82, 2.24) is 4.90 Å². The lowest BCUT2D eigenvalue weighted by Gasteiger charge is -2.26. The van der Waals surface area contributed by atoms with E-state index in [2.05, 4.69) is 0 Å². The fraction of sp³-hybridized carbons (Fsp3) is 0.350. The summed E-state index contributed by atoms with van der Waals surface area (Å²) in [6.45, 7) is 1.23. The van der Waals surface area contributed by atoms with Crippen molar-refractivity contribution >= 4 is 34.8 Å². The first-order valence-corrected chi connectivity index (χ1v) is 9.88. The summed E-state index contributed by atoms with van der Waals surface area (Å²) >= 11 is 12.2. The van der Waals surface area contributed by atoms with Crippen LogP contribution in [0.1, 0.15) is 18.4 Å². The predicted molar refractivity (Wildman–Crippen MR) is 109 cm³/mol. The van der Waals surface area contributed by atoms with E-state index in [9.17, 15) is 14.9 Å². The first-order chi connectivity index (χ1) is 13.9. The summed E-state index contributed by atoms with van der Waals surface area (Å²) in [4.78, 5) is 24.7. The van der Waals surface area contributed by atoms with E-state index in [1.165, 1.54) is 24.3 Å². The third kappa shape index (κ3) is 6.06. The van der Waals surface area contributed by atoms with Gasteiger partial charge in [0, 0.05) is 41.9 Å². The highest BCUT2D eigenvalue weighted by Crippen LogP contribution is 2.24. The van der Waals surface area contributed by atoms with Crippen LogP contribution in [0.5, 0.6) is 5.75 Å². The highest BCUT2D eigenvalue weighted by molar-refractivity contribution is 6.35. The van der Waals surface area contributed by atoms with Gasteiger partial charge in [0.15, 0.2) is 6.61 Å². The maximum Gasteiger partial charge on any atom is 0.269 e. The van der Waals surface area contributed by atoms with Crippen molar-refractivity contribution in [3.63, 3.8) is 0 Å². The lowest BCUT2D eigenvalue weighted by Crippen LogP contribution is -2.39. The Hall–Kier alpha value is -2.35. The Labute approximate surface area is 178 Å². The summed E-state index contributed by atoms with van der Waals surface area (Å²) < 4.78 is 11.2. The van der Waals surface area contributed by atoms with E-state index in [0.29, 0.717) is 35.5 Å². The van der Waals surface area contributed by atoms with Gasteiger partial charge in [0.1, 0.15) is 5.75 Å². The zero-order valence-corrected chi connectivity index (χ0v) is 17.1. The zero-order valence-electron chi connectivity index (χ0n) is 15.6. The maximum atomic E-state index is 12.8. The minimum atomic E-state index is -0.492. The summed E-state index contributed by atoms with van der Waals surface area (Å²) in [5, 5.41) is 11.7. The second-order valence-electron chi connectivity index (χ2n) is 6.68. The molecule has 0 spiro atoms. The maximum absolute atomic E-state index is 12.8. The number of nitrogens with zero attached hydrogens (tertiary/aromatic N) is 2. The van der Waals surface area contributed by atoms with E-state index in [-0.39, 0.29) is 24.3 Å². The number of ether oxygens (including phenoxy) is 2. The number of nitro groups is 1. The Balaban J connectivity index is 1.66. The molecule has 0 aromatic heterocycles. The quantitative estimate of drug-likeness (QED) is 0.447. The third-order valence-corrected chi connectivity index (χ3v) is 5.17. The molecule has 2 aromatic carbocycles. The van der Waals surface area contributed by atoms with Crippen molar-refractivity contribution in [2.24, 2.45) is 0 Å². The van der Waals surface area contributed by atoms with E-state index in [1.807, 2.05) is 0 Å². The van der Waals surface area contributed by atoms with Gasteiger partial charge in [-0.1, -0.05) is 29.3 Å². The van der Waals surface area contributed by atoms with Crippen LogP contribution in [0.4, 0.5) is 5.69 Å². The number of hydrogen-bond acceptors (Lipinski definition) is 5. The summed E-state index contributed by atoms with van der Waals surface area (Å²) in [6, 6.07) is 10.7. The van der Waals surface area contributed by atoms with Crippen LogP contribution < -0.4 is 4.74 Å². The molecule has 0 saturated carbocycles. The van der Waals surface area contributed by atoms with E-state index in [0.717, 1.165) is 18.4 Å². The summed E-state index contributed by atoms with van der Waals surface area (Å²) in [7, 11) is 0. The van der Waals surface area contributed by atoms with E-state index >= 15 is 0 Å². The summed E-state index contributed by atoms with van der Waals surface area (Å²) in [5.74, 6) is 0.149. The second kappa shape index (κ2) is 9.91. The van der Waals surface area contributed by atoms with Crippen molar-refractivity contribution in [2.75, 3.05) is 19.8 Å². The Morgan fingerprint density at radius 1 is 1.24 bits per heavy atom. The normalized spacial score (nSPS) is 15.9. The first kappa shape index (κ1) is 21.4. The monoisotopic (exact) mass is 438 g/mol. The first-order valence-electron chi connectivity index (χ1n) is 9.13. The molecule has 2 aromatic rings. The average Bonchev–Trinajstić information content (AvgIpc) is 3.21. The lowest BCUT2D eigenvalue weighted by molar-refractivity contribution is -0.384. The third-order valence-electron chi connectivity index (χ3n) is 4.59. The van der Waals surface area contributed by atoms with E-state index < -0.39 is 4.92 Å². The molecule has 0 radical (unpaired) electrons. The molecule has 3 rings (SSSR count). The zero-order chi connectivity index (χ0) is 20.8. The number of non-ortho nitro benzene ring substituents is 1. The van der Waals surface area contributed by atoms with Gasteiger partial charge < -0.3 is 14.4 Å². The summed E-state index contributed by atoms with van der Waals surface area (Å²) in [5.41, 5.74) is 0.735. The van der Waals surface area contributed by atoms with Crippen LogP contribution in [0.15, 0.2) is 42.5 Å². The number of rotatable bonds is 8. The number of carbonyl (C=O) groups excluding carboxylic acids is 1. The number of benzene rings is 2. The minimum Gasteiger partial charge on any atom is -0.484 e. The number of carbonyl (C=O) groups is 1. The Kier molecular flexibility index (Phi) is 7.30. The molecule has 1 aliphatic rings. The molecule has 29 heavy (non-hydrogen) atoms. The fourth-order valence-corrected chi connectivity index (χ4v) is 3.51. The number of nitro benzene ring substituents is 1. The van der Waals surface area contributed by atoms with Crippen molar-refractivity contribution < 1.29 is 19.2 Å². The molecule has 1 aliphatic heterocycles. The molecule has 154 valence electrons. The van der Waals surface area contributed by atoms with Crippen molar-refractivity contribution in [3.8, 4) is 5.75 Å². The van der Waals surface area contributed by atoms with Crippen molar-refractivity contribution in [2.45, 2.75) is 25.5 Å². The van der Waals surface area contributed by atoms with Crippen LogP contribution in [0.3, 0.4) is 0 Å². The molecule has 1 saturated heterocycles. The van der Waals surface area contributed by atoms with Gasteiger partial charge in [-0.3, -0.25) is 14.9 Å². The fourth-order valence-electron chi connectivity index (χ4n) is 3.04. The average molecular weight is 439 g/mol. The molecule has 1 unspecified atom stereocenters. The molecule has 7 nitrogen and oxygen atoms in total. The number of halogens is 2. The van der Waals surface area contributed by atoms with Crippen molar-refractivity contribution in [1.29, 1.82) is 0 Å². The van der Waals surface area contributed by atoms with Crippen LogP contribution in [0, 0.1) is 10.1 Å². The number of hydrogen-bond donors (Lipinski definition) is 0. The van der Waals surface area contributed by atoms with Crippen LogP contribution in [-0.2, 0) is 16.1 Å². The highest BCUT2D eigenvalue weighted by Gasteiger charge is 2.24. The Morgan fingerprint density at radius 3 is 2.62 bits per heavy atom. The molecule has 0 aliphatic carbocycles. The van der Waals surface area contributed by atoms with E-state index in [1.54, 1.807) is 23.1 Å². The van der Waals surface area contributed by atoms with Gasteiger partial charge in [0.05, 0.1) is 11.0 Å². The molecule has 1 atom stereocenters. The minimum absolute atomic E-state index is 0.0237. The SMILES string of the molecule is O=C(COc1ccc([N+](=O)[O-])cc1)N(Cc1ccc(Cl)cc1Cl)CC1CCCO1. The molecule has 9 heteroatoms. The van der Waals surface area contributed by atoms with Crippen LogP contribution in [0.2, 0.25) is 10.0 Å². The molecule has 0 N–H and O–H groups in total. The standard InChI is InChI=1S/C20H20Cl2N2O5/c21-15-4-3-14(19(22)10-15)11-23(12-18-2-1-9-28-18)20(25)13-29-17-7-5-16(6-8-17)24(26)27/h3-8,10,18H,1-2,9,11-13H2. The molecule has 0 bridgehead atoms. The number of amides is 1. The lowest BCUT2D eigenvalue weighted by atomic mass is 10.1. The molecule has 1 heterocycles. The van der Waals surface area contributed by atoms with Crippen molar-refractivity contribution in [3.05, 3.63) is 68.2 Å². The van der Waals surface area contributed by atoms with Gasteiger partial charge in [-0.15, -0.1) is 0 Å². The molecular formula is C20H20Cl2N2O5. The van der Waals surface area contributed by atoms with Gasteiger partial charge in [0.2, 0.25) is 0 Å². The van der Waals surface area contributed by atoms with Gasteiger partial charge in [0.25, 0.3) is 11.6 Å². The second-order valence-corrected chi connectivity index (χ2v) is 7.53. The van der Waals surface area contributed by atoms with Crippen LogP contribution in [-0.4, -0.2) is 41.6 Å².